The Bertz CT molecular complexity index is 598. The van der Waals surface area contributed by atoms with E-state index in [0.29, 0.717) is 18.0 Å². The zero-order valence-electron chi connectivity index (χ0n) is 17.2. The summed E-state index contributed by atoms with van der Waals surface area (Å²) in [6.07, 6.45) is 3.33. The van der Waals surface area contributed by atoms with Crippen molar-refractivity contribution in [2.24, 2.45) is 5.92 Å². The van der Waals surface area contributed by atoms with Crippen molar-refractivity contribution >= 4 is 0 Å². The van der Waals surface area contributed by atoms with Crippen molar-refractivity contribution in [3.8, 4) is 0 Å². The third-order valence-electron chi connectivity index (χ3n) is 4.87. The third-order valence-corrected chi connectivity index (χ3v) is 4.87. The highest BCUT2D eigenvalue weighted by molar-refractivity contribution is 5.16. The molecule has 3 heteroatoms. The van der Waals surface area contributed by atoms with Crippen molar-refractivity contribution < 1.29 is 0 Å². The highest BCUT2D eigenvalue weighted by Gasteiger charge is 2.14. The highest BCUT2D eigenvalue weighted by Crippen LogP contribution is 2.07. The summed E-state index contributed by atoms with van der Waals surface area (Å²) in [5.41, 5.74) is 2.79. The van der Waals surface area contributed by atoms with Crippen molar-refractivity contribution in [2.45, 2.75) is 45.2 Å². The standard InChI is InChI=1S/C24H37N3/c1-20(2)16-23(26-15-14-21-10-6-4-7-11-21)19-27-24(18-25-3)17-22-12-8-5-9-13-22/h4-13,20,23-27H,14-19H2,1-3H3/t23-,24-/m0/s1. The van der Waals surface area contributed by atoms with Gasteiger partial charge in [-0.3, -0.25) is 0 Å². The zero-order chi connectivity index (χ0) is 19.3. The average Bonchev–Trinajstić information content (AvgIpc) is 2.67. The van der Waals surface area contributed by atoms with Gasteiger partial charge in [-0.15, -0.1) is 0 Å². The molecule has 2 atom stereocenters. The summed E-state index contributed by atoms with van der Waals surface area (Å²) >= 11 is 0. The molecule has 0 saturated carbocycles. The molecular formula is C24H37N3. The molecule has 0 amide bonds. The Morgan fingerprint density at radius 1 is 0.741 bits per heavy atom. The van der Waals surface area contributed by atoms with Gasteiger partial charge in [-0.25, -0.2) is 0 Å². The molecule has 0 fully saturated rings. The summed E-state index contributed by atoms with van der Waals surface area (Å²) in [5, 5.41) is 10.9. The molecule has 27 heavy (non-hydrogen) atoms. The van der Waals surface area contributed by atoms with Gasteiger partial charge < -0.3 is 16.0 Å². The van der Waals surface area contributed by atoms with Gasteiger partial charge in [0.25, 0.3) is 0 Å². The number of hydrogen-bond acceptors (Lipinski definition) is 3. The molecule has 0 spiro atoms. The van der Waals surface area contributed by atoms with Gasteiger partial charge in [-0.1, -0.05) is 74.5 Å². The Kier molecular flexibility index (Phi) is 10.1. The van der Waals surface area contributed by atoms with Crippen molar-refractivity contribution in [1.29, 1.82) is 0 Å². The summed E-state index contributed by atoms with van der Waals surface area (Å²) in [7, 11) is 2.03. The fourth-order valence-corrected chi connectivity index (χ4v) is 3.54. The first-order chi connectivity index (χ1) is 13.2. The van der Waals surface area contributed by atoms with Crippen LogP contribution >= 0.6 is 0 Å². The topological polar surface area (TPSA) is 36.1 Å². The molecule has 0 aromatic heterocycles. The van der Waals surface area contributed by atoms with Crippen LogP contribution in [0.2, 0.25) is 0 Å². The maximum absolute atomic E-state index is 3.80. The lowest BCUT2D eigenvalue weighted by Crippen LogP contribution is -2.47. The second-order valence-corrected chi connectivity index (χ2v) is 7.87. The van der Waals surface area contributed by atoms with Gasteiger partial charge in [0.1, 0.15) is 0 Å². The van der Waals surface area contributed by atoms with Gasteiger partial charge >= 0.3 is 0 Å². The number of nitrogens with one attached hydrogen (secondary N) is 3. The molecule has 0 heterocycles. The minimum absolute atomic E-state index is 0.447. The highest BCUT2D eigenvalue weighted by atomic mass is 15.0. The summed E-state index contributed by atoms with van der Waals surface area (Å²) < 4.78 is 0. The minimum atomic E-state index is 0.447. The Morgan fingerprint density at radius 3 is 1.96 bits per heavy atom. The second kappa shape index (κ2) is 12.7. The quantitative estimate of drug-likeness (QED) is 0.506. The van der Waals surface area contributed by atoms with E-state index in [1.807, 2.05) is 7.05 Å². The van der Waals surface area contributed by atoms with E-state index in [1.165, 1.54) is 17.5 Å². The lowest BCUT2D eigenvalue weighted by molar-refractivity contribution is 0.373. The van der Waals surface area contributed by atoms with Crippen LogP contribution in [0.3, 0.4) is 0 Å². The molecule has 0 bridgehead atoms. The predicted octanol–water partition coefficient (Wildman–Crippen LogP) is 3.65. The molecule has 2 rings (SSSR count). The molecular weight excluding hydrogens is 330 g/mol. The third kappa shape index (κ3) is 9.18. The summed E-state index contributed by atoms with van der Waals surface area (Å²) in [4.78, 5) is 0. The molecule has 0 radical (unpaired) electrons. The molecule has 0 aliphatic rings. The van der Waals surface area contributed by atoms with Crippen molar-refractivity contribution in [3.05, 3.63) is 71.8 Å². The summed E-state index contributed by atoms with van der Waals surface area (Å²) in [6, 6.07) is 22.4. The average molecular weight is 368 g/mol. The molecule has 148 valence electrons. The van der Waals surface area contributed by atoms with Crippen LogP contribution in [-0.2, 0) is 12.8 Å². The first kappa shape index (κ1) is 21.6. The van der Waals surface area contributed by atoms with Gasteiger partial charge in [-0.05, 0) is 49.9 Å². The Balaban J connectivity index is 1.83. The minimum Gasteiger partial charge on any atom is -0.318 e. The molecule has 0 aliphatic carbocycles. The van der Waals surface area contributed by atoms with E-state index in [9.17, 15) is 0 Å². The normalized spacial score (nSPS) is 13.6. The molecule has 0 unspecified atom stereocenters. The van der Waals surface area contributed by atoms with Crippen LogP contribution in [0.4, 0.5) is 0 Å². The molecule has 3 nitrogen and oxygen atoms in total. The Hall–Kier alpha value is -1.68. The number of likely N-dealkylation sites (N-methyl/N-ethyl adjacent to an activating group) is 1. The van der Waals surface area contributed by atoms with E-state index in [1.54, 1.807) is 0 Å². The van der Waals surface area contributed by atoms with Crippen LogP contribution in [0.1, 0.15) is 31.4 Å². The Labute approximate surface area is 166 Å². The number of hydrogen-bond donors (Lipinski definition) is 3. The van der Waals surface area contributed by atoms with E-state index < -0.39 is 0 Å². The first-order valence-electron chi connectivity index (χ1n) is 10.4. The van der Waals surface area contributed by atoms with E-state index in [2.05, 4.69) is 90.5 Å². The fraction of sp³-hybridized carbons (Fsp3) is 0.500. The maximum atomic E-state index is 3.80. The maximum Gasteiger partial charge on any atom is 0.0233 e. The van der Waals surface area contributed by atoms with Gasteiger partial charge in [0.15, 0.2) is 0 Å². The van der Waals surface area contributed by atoms with Gasteiger partial charge in [0, 0.05) is 25.2 Å². The van der Waals surface area contributed by atoms with Crippen LogP contribution in [0.15, 0.2) is 60.7 Å². The number of benzene rings is 2. The van der Waals surface area contributed by atoms with Crippen molar-refractivity contribution in [2.75, 3.05) is 26.7 Å². The lowest BCUT2D eigenvalue weighted by atomic mass is 10.0. The lowest BCUT2D eigenvalue weighted by Gasteiger charge is -2.25. The van der Waals surface area contributed by atoms with Gasteiger partial charge in [0.2, 0.25) is 0 Å². The van der Waals surface area contributed by atoms with Crippen LogP contribution in [0.5, 0.6) is 0 Å². The molecule has 2 aromatic rings. The molecule has 0 saturated heterocycles. The van der Waals surface area contributed by atoms with E-state index >= 15 is 0 Å². The fourth-order valence-electron chi connectivity index (χ4n) is 3.54. The van der Waals surface area contributed by atoms with E-state index in [4.69, 9.17) is 0 Å². The molecule has 2 aromatic carbocycles. The van der Waals surface area contributed by atoms with Crippen molar-refractivity contribution in [3.63, 3.8) is 0 Å². The van der Waals surface area contributed by atoms with Crippen LogP contribution in [0, 0.1) is 5.92 Å². The molecule has 3 N–H and O–H groups in total. The number of rotatable bonds is 13. The summed E-state index contributed by atoms with van der Waals surface area (Å²) in [6.45, 7) is 7.62. The summed E-state index contributed by atoms with van der Waals surface area (Å²) in [5.74, 6) is 0.692. The predicted molar refractivity (Wildman–Crippen MR) is 117 cm³/mol. The van der Waals surface area contributed by atoms with Crippen LogP contribution in [0.25, 0.3) is 0 Å². The van der Waals surface area contributed by atoms with E-state index in [0.717, 1.165) is 32.5 Å². The Morgan fingerprint density at radius 2 is 1.37 bits per heavy atom. The monoisotopic (exact) mass is 367 g/mol. The first-order valence-corrected chi connectivity index (χ1v) is 10.4. The van der Waals surface area contributed by atoms with Crippen molar-refractivity contribution in [1.82, 2.24) is 16.0 Å². The second-order valence-electron chi connectivity index (χ2n) is 7.87. The molecule has 0 aliphatic heterocycles. The largest absolute Gasteiger partial charge is 0.318 e. The van der Waals surface area contributed by atoms with E-state index in [-0.39, 0.29) is 0 Å². The van der Waals surface area contributed by atoms with Crippen LogP contribution < -0.4 is 16.0 Å². The van der Waals surface area contributed by atoms with Crippen LogP contribution in [-0.4, -0.2) is 38.8 Å². The van der Waals surface area contributed by atoms with Gasteiger partial charge in [-0.2, -0.15) is 0 Å². The van der Waals surface area contributed by atoms with Gasteiger partial charge in [0.05, 0.1) is 0 Å². The zero-order valence-corrected chi connectivity index (χ0v) is 17.2. The smallest absolute Gasteiger partial charge is 0.0233 e. The SMILES string of the molecule is CNC[C@H](Cc1ccccc1)NC[C@H](CC(C)C)NCCc1ccccc1.